The zero-order valence-electron chi connectivity index (χ0n) is 11.5. The van der Waals surface area contributed by atoms with Gasteiger partial charge in [-0.25, -0.2) is 0 Å². The van der Waals surface area contributed by atoms with E-state index in [1.807, 2.05) is 6.07 Å². The predicted octanol–water partition coefficient (Wildman–Crippen LogP) is 4.33. The van der Waals surface area contributed by atoms with Crippen LogP contribution in [0.3, 0.4) is 0 Å². The first-order valence-electron chi connectivity index (χ1n) is 6.93. The van der Waals surface area contributed by atoms with Crippen molar-refractivity contribution in [1.29, 1.82) is 0 Å². The molecule has 1 aromatic heterocycles. The zero-order valence-corrected chi connectivity index (χ0v) is 13.1. The smallest absolute Gasteiger partial charge is 0.0931 e. The molecule has 0 saturated carbocycles. The summed E-state index contributed by atoms with van der Waals surface area (Å²) in [4.78, 5) is 1.32. The summed E-state index contributed by atoms with van der Waals surface area (Å²) in [5, 5.41) is 3.57. The van der Waals surface area contributed by atoms with E-state index in [4.69, 9.17) is 16.3 Å². The second kappa shape index (κ2) is 6.27. The van der Waals surface area contributed by atoms with Crippen molar-refractivity contribution in [2.24, 2.45) is 0 Å². The van der Waals surface area contributed by atoms with E-state index < -0.39 is 0 Å². The van der Waals surface area contributed by atoms with E-state index in [1.165, 1.54) is 21.6 Å². The molecule has 2 nitrogen and oxygen atoms in total. The molecule has 0 saturated heterocycles. The topological polar surface area (TPSA) is 21.3 Å². The molecule has 2 aromatic rings. The quantitative estimate of drug-likeness (QED) is 0.888. The number of hydrogen-bond acceptors (Lipinski definition) is 3. The molecule has 1 atom stereocenters. The van der Waals surface area contributed by atoms with Crippen LogP contribution in [0.15, 0.2) is 30.3 Å². The molecular weight excluding hydrogens is 290 g/mol. The van der Waals surface area contributed by atoms with Gasteiger partial charge in [0.1, 0.15) is 0 Å². The van der Waals surface area contributed by atoms with Crippen molar-refractivity contribution in [3.05, 3.63) is 56.2 Å². The SMILES string of the molecule is CCNC(Cc1ccc(Cl)s1)c1ccc2c(c1)COC2. The molecule has 0 aliphatic carbocycles. The minimum atomic E-state index is 0.334. The Hall–Kier alpha value is -0.870. The normalized spacial score (nSPS) is 15.3. The van der Waals surface area contributed by atoms with Crippen LogP contribution in [0.25, 0.3) is 0 Å². The third kappa shape index (κ3) is 3.07. The maximum Gasteiger partial charge on any atom is 0.0931 e. The standard InChI is InChI=1S/C16H18ClNOS/c1-2-18-15(8-14-5-6-16(17)20-14)11-3-4-12-9-19-10-13(12)7-11/h3-7,15,18H,2,8-10H2,1H3. The van der Waals surface area contributed by atoms with Gasteiger partial charge in [-0.1, -0.05) is 36.7 Å². The molecule has 0 fully saturated rings. The van der Waals surface area contributed by atoms with Crippen LogP contribution in [-0.4, -0.2) is 6.54 Å². The van der Waals surface area contributed by atoms with E-state index in [-0.39, 0.29) is 0 Å². The van der Waals surface area contributed by atoms with Gasteiger partial charge in [-0.2, -0.15) is 0 Å². The van der Waals surface area contributed by atoms with Crippen molar-refractivity contribution < 1.29 is 4.74 Å². The highest BCUT2D eigenvalue weighted by atomic mass is 35.5. The van der Waals surface area contributed by atoms with Gasteiger partial charge in [0.25, 0.3) is 0 Å². The number of halogens is 1. The monoisotopic (exact) mass is 307 g/mol. The summed E-state index contributed by atoms with van der Waals surface area (Å²) in [5.41, 5.74) is 3.98. The molecule has 1 N–H and O–H groups in total. The first kappa shape index (κ1) is 14.1. The minimum Gasteiger partial charge on any atom is -0.372 e. The van der Waals surface area contributed by atoms with Gasteiger partial charge in [0.05, 0.1) is 17.6 Å². The molecule has 4 heteroatoms. The number of ether oxygens (including phenoxy) is 1. The molecule has 0 bridgehead atoms. The van der Waals surface area contributed by atoms with Crippen molar-refractivity contribution in [3.8, 4) is 0 Å². The van der Waals surface area contributed by atoms with Crippen molar-refractivity contribution in [1.82, 2.24) is 5.32 Å². The highest BCUT2D eigenvalue weighted by Crippen LogP contribution is 2.29. The van der Waals surface area contributed by atoms with Gasteiger partial charge in [-0.3, -0.25) is 0 Å². The van der Waals surface area contributed by atoms with Gasteiger partial charge in [0.2, 0.25) is 0 Å². The number of thiophene rings is 1. The average Bonchev–Trinajstić information content (AvgIpc) is 3.06. The van der Waals surface area contributed by atoms with Gasteiger partial charge in [0.15, 0.2) is 0 Å². The van der Waals surface area contributed by atoms with Crippen LogP contribution in [-0.2, 0) is 24.4 Å². The van der Waals surface area contributed by atoms with Gasteiger partial charge in [-0.05, 0) is 35.4 Å². The second-order valence-corrected chi connectivity index (χ2v) is 6.84. The van der Waals surface area contributed by atoms with Crippen molar-refractivity contribution >= 4 is 22.9 Å². The molecule has 3 rings (SSSR count). The summed E-state index contributed by atoms with van der Waals surface area (Å²) in [5.74, 6) is 0. The van der Waals surface area contributed by atoms with E-state index in [1.54, 1.807) is 11.3 Å². The predicted molar refractivity (Wildman–Crippen MR) is 84.4 cm³/mol. The zero-order chi connectivity index (χ0) is 13.9. The fourth-order valence-electron chi connectivity index (χ4n) is 2.63. The van der Waals surface area contributed by atoms with Crippen molar-refractivity contribution in [2.45, 2.75) is 32.6 Å². The van der Waals surface area contributed by atoms with Crippen LogP contribution in [0, 0.1) is 0 Å². The maximum atomic E-state index is 6.03. The summed E-state index contributed by atoms with van der Waals surface area (Å²) in [6.45, 7) is 4.59. The molecule has 2 heterocycles. The fraction of sp³-hybridized carbons (Fsp3) is 0.375. The maximum absolute atomic E-state index is 6.03. The third-order valence-corrected chi connectivity index (χ3v) is 4.89. The number of likely N-dealkylation sites (N-methyl/N-ethyl adjacent to an activating group) is 1. The molecule has 1 unspecified atom stereocenters. The summed E-state index contributed by atoms with van der Waals surface area (Å²) in [6, 6.07) is 11.1. The highest BCUT2D eigenvalue weighted by molar-refractivity contribution is 7.16. The van der Waals surface area contributed by atoms with E-state index >= 15 is 0 Å². The number of nitrogens with one attached hydrogen (secondary N) is 1. The Morgan fingerprint density at radius 1 is 1.25 bits per heavy atom. The first-order valence-corrected chi connectivity index (χ1v) is 8.12. The van der Waals surface area contributed by atoms with Crippen LogP contribution < -0.4 is 5.32 Å². The van der Waals surface area contributed by atoms with Gasteiger partial charge >= 0.3 is 0 Å². The number of hydrogen-bond donors (Lipinski definition) is 1. The van der Waals surface area contributed by atoms with Crippen LogP contribution in [0.1, 0.15) is 34.5 Å². The van der Waals surface area contributed by atoms with E-state index in [2.05, 4.69) is 36.5 Å². The molecule has 1 aliphatic rings. The molecule has 106 valence electrons. The van der Waals surface area contributed by atoms with E-state index in [9.17, 15) is 0 Å². The fourth-order valence-corrected chi connectivity index (χ4v) is 3.76. The molecule has 1 aromatic carbocycles. The van der Waals surface area contributed by atoms with Crippen LogP contribution in [0.4, 0.5) is 0 Å². The van der Waals surface area contributed by atoms with Crippen LogP contribution >= 0.6 is 22.9 Å². The number of rotatable bonds is 5. The molecule has 1 aliphatic heterocycles. The molecule has 0 radical (unpaired) electrons. The van der Waals surface area contributed by atoms with E-state index in [0.717, 1.165) is 30.5 Å². The molecule has 0 spiro atoms. The molecule has 20 heavy (non-hydrogen) atoms. The van der Waals surface area contributed by atoms with Gasteiger partial charge in [0, 0.05) is 17.3 Å². The Labute approximate surface area is 128 Å². The Morgan fingerprint density at radius 2 is 2.10 bits per heavy atom. The van der Waals surface area contributed by atoms with E-state index in [0.29, 0.717) is 6.04 Å². The van der Waals surface area contributed by atoms with Crippen LogP contribution in [0.2, 0.25) is 4.34 Å². The lowest BCUT2D eigenvalue weighted by atomic mass is 9.98. The highest BCUT2D eigenvalue weighted by Gasteiger charge is 2.17. The number of benzene rings is 1. The van der Waals surface area contributed by atoms with Crippen molar-refractivity contribution in [3.63, 3.8) is 0 Å². The summed E-state index contributed by atoms with van der Waals surface area (Å²) < 4.78 is 6.35. The van der Waals surface area contributed by atoms with Crippen LogP contribution in [0.5, 0.6) is 0 Å². The Kier molecular flexibility index (Phi) is 4.41. The molecular formula is C16H18ClNOS. The lowest BCUT2D eigenvalue weighted by molar-refractivity contribution is 0.134. The number of fused-ring (bicyclic) bond motifs is 1. The third-order valence-electron chi connectivity index (χ3n) is 3.63. The minimum absolute atomic E-state index is 0.334. The summed E-state index contributed by atoms with van der Waals surface area (Å²) in [6.07, 6.45) is 0.977. The molecule has 0 amide bonds. The largest absolute Gasteiger partial charge is 0.372 e. The Balaban J connectivity index is 1.82. The van der Waals surface area contributed by atoms with Crippen molar-refractivity contribution in [2.75, 3.05) is 6.54 Å². The van der Waals surface area contributed by atoms with Gasteiger partial charge < -0.3 is 10.1 Å². The lowest BCUT2D eigenvalue weighted by Gasteiger charge is -2.18. The second-order valence-electron chi connectivity index (χ2n) is 5.04. The Morgan fingerprint density at radius 3 is 2.85 bits per heavy atom. The summed E-state index contributed by atoms with van der Waals surface area (Å²) in [7, 11) is 0. The average molecular weight is 308 g/mol. The van der Waals surface area contributed by atoms with Gasteiger partial charge in [-0.15, -0.1) is 11.3 Å². The summed E-state index contributed by atoms with van der Waals surface area (Å²) >= 11 is 7.69. The Bertz CT molecular complexity index is 596. The lowest BCUT2D eigenvalue weighted by Crippen LogP contribution is -2.22. The first-order chi connectivity index (χ1) is 9.76.